The van der Waals surface area contributed by atoms with Gasteiger partial charge in [-0.3, -0.25) is 9.36 Å². The van der Waals surface area contributed by atoms with Gasteiger partial charge in [-0.1, -0.05) is 0 Å². The Morgan fingerprint density at radius 2 is 1.65 bits per heavy atom. The van der Waals surface area contributed by atoms with E-state index in [2.05, 4.69) is 0 Å². The summed E-state index contributed by atoms with van der Waals surface area (Å²) in [4.78, 5) is 10.9. The summed E-state index contributed by atoms with van der Waals surface area (Å²) in [5, 5.41) is -0.137. The molecule has 1 aromatic rings. The van der Waals surface area contributed by atoms with E-state index in [9.17, 15) is 9.36 Å². The molecule has 0 atom stereocenters. The minimum Gasteiger partial charge on any atom is -0.305 e. The van der Waals surface area contributed by atoms with Gasteiger partial charge in [0.15, 0.2) is 0 Å². The summed E-state index contributed by atoms with van der Waals surface area (Å²) in [7, 11) is -3.28. The Balaban J connectivity index is 3.03. The molecule has 94 valence electrons. The van der Waals surface area contributed by atoms with Crippen LogP contribution in [0.3, 0.4) is 0 Å². The van der Waals surface area contributed by atoms with E-state index in [1.807, 2.05) is 0 Å². The van der Waals surface area contributed by atoms with Gasteiger partial charge in [0.1, 0.15) is 0 Å². The number of carbonyl (C=O) groups is 1. The largest absolute Gasteiger partial charge is 0.361 e. The normalized spacial score (nSPS) is 11.5. The van der Waals surface area contributed by atoms with Crippen molar-refractivity contribution in [1.29, 1.82) is 0 Å². The predicted molar refractivity (Wildman–Crippen MR) is 67.1 cm³/mol. The lowest BCUT2D eigenvalue weighted by Gasteiger charge is -2.17. The molecule has 0 bridgehead atoms. The summed E-state index contributed by atoms with van der Waals surface area (Å²) in [5.41, 5.74) is 0.343. The molecule has 0 amide bonds. The van der Waals surface area contributed by atoms with Gasteiger partial charge in [0, 0.05) is 5.56 Å². The molecule has 0 N–H and O–H groups in total. The molecule has 0 radical (unpaired) electrons. The molecule has 0 aliphatic carbocycles. The smallest absolute Gasteiger partial charge is 0.305 e. The summed E-state index contributed by atoms with van der Waals surface area (Å²) in [5.74, 6) is 0. The van der Waals surface area contributed by atoms with E-state index in [0.29, 0.717) is 10.9 Å². The molecule has 0 aliphatic rings. The minimum atomic E-state index is -3.28. The second-order valence-electron chi connectivity index (χ2n) is 3.15. The van der Waals surface area contributed by atoms with Crippen molar-refractivity contribution >= 4 is 29.7 Å². The van der Waals surface area contributed by atoms with Gasteiger partial charge in [-0.2, -0.15) is 0 Å². The Labute approximate surface area is 105 Å². The Morgan fingerprint density at radius 3 is 2.00 bits per heavy atom. The van der Waals surface area contributed by atoms with E-state index < -0.39 is 12.8 Å². The Bertz CT molecular complexity index is 420. The molecule has 17 heavy (non-hydrogen) atoms. The average Bonchev–Trinajstić information content (AvgIpc) is 2.30. The van der Waals surface area contributed by atoms with Crippen LogP contribution in [0, 0.1) is 0 Å². The Kier molecular flexibility index (Phi) is 5.34. The molecule has 0 saturated heterocycles. The van der Waals surface area contributed by atoms with Crippen LogP contribution in [0.15, 0.2) is 24.3 Å². The maximum Gasteiger partial charge on any atom is 0.361 e. The molecule has 6 heteroatoms. The highest BCUT2D eigenvalue weighted by Gasteiger charge is 2.26. The first-order valence-electron chi connectivity index (χ1n) is 5.23. The summed E-state index contributed by atoms with van der Waals surface area (Å²) >= 11 is 5.32. The van der Waals surface area contributed by atoms with Crippen molar-refractivity contribution in [2.75, 3.05) is 13.2 Å². The molecule has 4 nitrogen and oxygen atoms in total. The zero-order chi connectivity index (χ0) is 12.9. The van der Waals surface area contributed by atoms with Crippen molar-refractivity contribution in [3.05, 3.63) is 29.8 Å². The molecule has 0 aromatic heterocycles. The number of rotatable bonds is 6. The first kappa shape index (κ1) is 14.4. The molecular formula is C11H14ClO4P. The minimum absolute atomic E-state index is 0.285. The molecule has 0 heterocycles. The number of hydrogen-bond donors (Lipinski definition) is 0. The molecule has 1 rings (SSSR count). The van der Waals surface area contributed by atoms with Crippen LogP contribution in [-0.2, 0) is 13.6 Å². The third kappa shape index (κ3) is 3.65. The van der Waals surface area contributed by atoms with Crippen LogP contribution in [-0.4, -0.2) is 18.5 Å². The van der Waals surface area contributed by atoms with E-state index in [1.165, 1.54) is 24.3 Å². The van der Waals surface area contributed by atoms with Gasteiger partial charge in [-0.05, 0) is 49.7 Å². The number of hydrogen-bond acceptors (Lipinski definition) is 4. The molecule has 0 aliphatic heterocycles. The second kappa shape index (κ2) is 6.31. The highest BCUT2D eigenvalue weighted by molar-refractivity contribution is 7.62. The van der Waals surface area contributed by atoms with Crippen molar-refractivity contribution in [2.45, 2.75) is 13.8 Å². The fourth-order valence-electron chi connectivity index (χ4n) is 1.30. The van der Waals surface area contributed by atoms with Gasteiger partial charge in [0.05, 0.1) is 18.5 Å². The topological polar surface area (TPSA) is 52.6 Å². The van der Waals surface area contributed by atoms with Crippen molar-refractivity contribution in [1.82, 2.24) is 0 Å². The Morgan fingerprint density at radius 1 is 1.18 bits per heavy atom. The lowest BCUT2D eigenvalue weighted by atomic mass is 10.2. The fourth-order valence-corrected chi connectivity index (χ4v) is 2.99. The quantitative estimate of drug-likeness (QED) is 0.592. The highest BCUT2D eigenvalue weighted by Crippen LogP contribution is 2.46. The van der Waals surface area contributed by atoms with Gasteiger partial charge in [-0.25, -0.2) is 0 Å². The zero-order valence-corrected chi connectivity index (χ0v) is 11.3. The van der Waals surface area contributed by atoms with Crippen molar-refractivity contribution in [3.63, 3.8) is 0 Å². The van der Waals surface area contributed by atoms with Gasteiger partial charge in [-0.15, -0.1) is 0 Å². The lowest BCUT2D eigenvalue weighted by molar-refractivity contribution is 0.108. The van der Waals surface area contributed by atoms with Crippen molar-refractivity contribution in [2.24, 2.45) is 0 Å². The van der Waals surface area contributed by atoms with Gasteiger partial charge >= 0.3 is 7.60 Å². The number of carbonyl (C=O) groups excluding carboxylic acids is 1. The maximum atomic E-state index is 12.3. The third-order valence-corrected chi connectivity index (χ3v) is 4.35. The van der Waals surface area contributed by atoms with E-state index >= 15 is 0 Å². The second-order valence-corrected chi connectivity index (χ2v) is 5.52. The van der Waals surface area contributed by atoms with Crippen LogP contribution >= 0.6 is 19.2 Å². The zero-order valence-electron chi connectivity index (χ0n) is 9.68. The first-order valence-corrected chi connectivity index (χ1v) is 7.15. The van der Waals surface area contributed by atoms with Gasteiger partial charge in [0.25, 0.3) is 5.24 Å². The summed E-state index contributed by atoms with van der Waals surface area (Å²) in [6, 6.07) is 6.05. The van der Waals surface area contributed by atoms with Gasteiger partial charge < -0.3 is 9.05 Å². The monoisotopic (exact) mass is 276 g/mol. The first-order chi connectivity index (χ1) is 8.03. The third-order valence-electron chi connectivity index (χ3n) is 2.01. The van der Waals surface area contributed by atoms with Crippen LogP contribution in [0.1, 0.15) is 24.2 Å². The standard InChI is InChI=1S/C11H14ClO4P/c1-3-15-17(14,16-4-2)10-7-5-9(6-8-10)11(12)13/h5-8H,3-4H2,1-2H3. The van der Waals surface area contributed by atoms with Crippen LogP contribution in [0.2, 0.25) is 0 Å². The average molecular weight is 277 g/mol. The molecule has 1 aromatic carbocycles. The predicted octanol–water partition coefficient (Wildman–Crippen LogP) is 2.96. The fraction of sp³-hybridized carbons (Fsp3) is 0.364. The summed E-state index contributed by atoms with van der Waals surface area (Å²) < 4.78 is 22.7. The molecule has 0 saturated carbocycles. The molecule has 0 spiro atoms. The van der Waals surface area contributed by atoms with E-state index in [1.54, 1.807) is 13.8 Å². The lowest BCUT2D eigenvalue weighted by Crippen LogP contribution is -2.11. The molecule has 0 fully saturated rings. The molecule has 0 unspecified atom stereocenters. The summed E-state index contributed by atoms with van der Waals surface area (Å²) in [6.07, 6.45) is 0. The van der Waals surface area contributed by atoms with E-state index in [-0.39, 0.29) is 13.2 Å². The number of halogens is 1. The van der Waals surface area contributed by atoms with Gasteiger partial charge in [0.2, 0.25) is 0 Å². The summed E-state index contributed by atoms with van der Waals surface area (Å²) in [6.45, 7) is 4.05. The molecular weight excluding hydrogens is 263 g/mol. The van der Waals surface area contributed by atoms with Crippen molar-refractivity contribution < 1.29 is 18.4 Å². The van der Waals surface area contributed by atoms with Crippen LogP contribution in [0.4, 0.5) is 0 Å². The Hall–Kier alpha value is -0.670. The maximum absolute atomic E-state index is 12.3. The SMILES string of the molecule is CCOP(=O)(OCC)c1ccc(C(=O)Cl)cc1. The van der Waals surface area contributed by atoms with E-state index in [0.717, 1.165) is 0 Å². The van der Waals surface area contributed by atoms with Crippen LogP contribution < -0.4 is 5.30 Å². The van der Waals surface area contributed by atoms with Crippen LogP contribution in [0.25, 0.3) is 0 Å². The highest BCUT2D eigenvalue weighted by atomic mass is 35.5. The van der Waals surface area contributed by atoms with Crippen LogP contribution in [0.5, 0.6) is 0 Å². The van der Waals surface area contributed by atoms with Crippen molar-refractivity contribution in [3.8, 4) is 0 Å². The van der Waals surface area contributed by atoms with E-state index in [4.69, 9.17) is 20.6 Å². The number of benzene rings is 1.